The molecule has 0 aromatic carbocycles. The van der Waals surface area contributed by atoms with Crippen LogP contribution in [0, 0.1) is 0 Å². The zero-order chi connectivity index (χ0) is 15.8. The molecule has 22 heavy (non-hydrogen) atoms. The predicted octanol–water partition coefficient (Wildman–Crippen LogP) is 0.114. The first kappa shape index (κ1) is 16.8. The highest BCUT2D eigenvalue weighted by Crippen LogP contribution is 2.16. The lowest BCUT2D eigenvalue weighted by atomic mass is 10.3. The molecular weight excluding hydrogens is 280 g/mol. The van der Waals surface area contributed by atoms with Gasteiger partial charge in [-0.1, -0.05) is 0 Å². The molecule has 7 heteroatoms. The van der Waals surface area contributed by atoms with Crippen LogP contribution >= 0.6 is 0 Å². The maximum absolute atomic E-state index is 5.84. The number of nitrogens with two attached hydrogens (primary N) is 2. The quantitative estimate of drug-likeness (QED) is 0.402. The summed E-state index contributed by atoms with van der Waals surface area (Å²) in [5.74, 6) is 0.697. The fourth-order valence-electron chi connectivity index (χ4n) is 2.63. The molecule has 7 nitrogen and oxygen atoms in total. The van der Waals surface area contributed by atoms with Crippen molar-refractivity contribution in [2.75, 3.05) is 76.3 Å². The second-order valence-electron chi connectivity index (χ2n) is 6.14. The van der Waals surface area contributed by atoms with Crippen LogP contribution in [0.1, 0.15) is 6.42 Å². The topological polar surface area (TPSA) is 98.2 Å². The number of morpholine rings is 1. The number of nitrogen functional groups attached to an aromatic ring is 2. The fraction of sp³-hybridized carbons (Fsp3) is 0.667. The summed E-state index contributed by atoms with van der Waals surface area (Å²) in [6.45, 7) is 7.96. The molecular formula is C15H29N6O+. The second-order valence-corrected chi connectivity index (χ2v) is 6.14. The first-order chi connectivity index (χ1) is 10.6. The number of hydrogen-bond acceptors (Lipinski definition) is 6. The molecule has 0 amide bonds. The van der Waals surface area contributed by atoms with Crippen molar-refractivity contribution in [3.63, 3.8) is 0 Å². The van der Waals surface area contributed by atoms with Gasteiger partial charge in [-0.25, -0.2) is 4.98 Å². The first-order valence-electron chi connectivity index (χ1n) is 7.96. The Bertz CT molecular complexity index is 461. The van der Waals surface area contributed by atoms with E-state index in [0.29, 0.717) is 17.2 Å². The molecule has 0 spiro atoms. The van der Waals surface area contributed by atoms with Crippen molar-refractivity contribution in [1.82, 2.24) is 10.3 Å². The van der Waals surface area contributed by atoms with Gasteiger partial charge in [0.15, 0.2) is 0 Å². The summed E-state index contributed by atoms with van der Waals surface area (Å²) in [5, 5.41) is 6.66. The molecule has 6 N–H and O–H groups in total. The van der Waals surface area contributed by atoms with Crippen LogP contribution in [-0.2, 0) is 4.74 Å². The average molecular weight is 309 g/mol. The van der Waals surface area contributed by atoms with Gasteiger partial charge in [0, 0.05) is 26.1 Å². The van der Waals surface area contributed by atoms with E-state index in [2.05, 4.69) is 22.7 Å². The smallest absolute Gasteiger partial charge is 0.149 e. The van der Waals surface area contributed by atoms with Gasteiger partial charge in [-0.05, 0) is 6.07 Å². The maximum atomic E-state index is 5.84. The van der Waals surface area contributed by atoms with Gasteiger partial charge in [-0.15, -0.1) is 0 Å². The normalized spacial score (nSPS) is 17.3. The molecule has 1 fully saturated rings. The molecule has 1 aliphatic rings. The number of ether oxygens (including phenoxy) is 1. The number of likely N-dealkylation sites (N-methyl/N-ethyl adjacent to an activating group) is 1. The molecule has 2 heterocycles. The largest absolute Gasteiger partial charge is 0.397 e. The molecule has 124 valence electrons. The van der Waals surface area contributed by atoms with E-state index in [-0.39, 0.29) is 0 Å². The number of pyridine rings is 1. The van der Waals surface area contributed by atoms with E-state index in [9.17, 15) is 0 Å². The van der Waals surface area contributed by atoms with Gasteiger partial charge in [-0.3, -0.25) is 0 Å². The molecule has 0 atom stereocenters. The Labute approximate surface area is 132 Å². The van der Waals surface area contributed by atoms with Crippen LogP contribution in [0.3, 0.4) is 0 Å². The summed E-state index contributed by atoms with van der Waals surface area (Å²) in [7, 11) is 2.32. The van der Waals surface area contributed by atoms with Crippen LogP contribution in [0.4, 0.5) is 17.2 Å². The van der Waals surface area contributed by atoms with E-state index >= 15 is 0 Å². The summed E-state index contributed by atoms with van der Waals surface area (Å²) in [5.41, 5.74) is 12.6. The molecule has 1 aromatic heterocycles. The van der Waals surface area contributed by atoms with Gasteiger partial charge in [0.25, 0.3) is 0 Å². The van der Waals surface area contributed by atoms with E-state index in [1.807, 2.05) is 0 Å². The number of rotatable bonds is 8. The molecule has 0 unspecified atom stereocenters. The Morgan fingerprint density at radius 2 is 2.00 bits per heavy atom. The minimum Gasteiger partial charge on any atom is -0.397 e. The lowest BCUT2D eigenvalue weighted by Gasteiger charge is -2.37. The van der Waals surface area contributed by atoms with Crippen LogP contribution in [0.2, 0.25) is 0 Å². The fourth-order valence-corrected chi connectivity index (χ4v) is 2.63. The Hall–Kier alpha value is -1.57. The van der Waals surface area contributed by atoms with Crippen LogP contribution in [0.15, 0.2) is 12.3 Å². The van der Waals surface area contributed by atoms with E-state index < -0.39 is 0 Å². The zero-order valence-electron chi connectivity index (χ0n) is 13.5. The third-order valence-corrected chi connectivity index (χ3v) is 4.13. The van der Waals surface area contributed by atoms with Crippen molar-refractivity contribution in [1.29, 1.82) is 0 Å². The third-order valence-electron chi connectivity index (χ3n) is 4.13. The summed E-state index contributed by atoms with van der Waals surface area (Å²) < 4.78 is 6.55. The molecule has 0 saturated carbocycles. The Morgan fingerprint density at radius 3 is 2.73 bits per heavy atom. The minimum absolute atomic E-state index is 0.584. The molecule has 0 radical (unpaired) electrons. The molecule has 1 saturated heterocycles. The maximum Gasteiger partial charge on any atom is 0.149 e. The minimum atomic E-state index is 0.584. The SMILES string of the molecule is C[N+]1(CCCNCCNc2ncc(N)cc2N)CCOCC1. The number of aromatic nitrogens is 1. The monoisotopic (exact) mass is 309 g/mol. The van der Waals surface area contributed by atoms with E-state index in [4.69, 9.17) is 16.2 Å². The van der Waals surface area contributed by atoms with Gasteiger partial charge in [0.1, 0.15) is 18.9 Å². The van der Waals surface area contributed by atoms with Crippen LogP contribution < -0.4 is 22.1 Å². The van der Waals surface area contributed by atoms with E-state index in [0.717, 1.165) is 50.4 Å². The van der Waals surface area contributed by atoms with Crippen molar-refractivity contribution < 1.29 is 9.22 Å². The molecule has 2 rings (SSSR count). The summed E-state index contributed by atoms with van der Waals surface area (Å²) >= 11 is 0. The molecule has 1 aliphatic heterocycles. The van der Waals surface area contributed by atoms with Crippen molar-refractivity contribution in [2.45, 2.75) is 6.42 Å². The number of nitrogens with zero attached hydrogens (tertiary/aromatic N) is 2. The number of quaternary nitrogens is 1. The Kier molecular flexibility index (Phi) is 6.23. The van der Waals surface area contributed by atoms with E-state index in [1.165, 1.54) is 13.0 Å². The standard InChI is InChI=1S/C15H29N6O/c1-21(7-9-22-10-8-21)6-2-3-18-4-5-19-15-14(17)11-13(16)12-20-15/h11-12,18H,2-10,16-17H2,1H3,(H,19,20)/q+1. The van der Waals surface area contributed by atoms with Crippen molar-refractivity contribution in [3.05, 3.63) is 12.3 Å². The van der Waals surface area contributed by atoms with Gasteiger partial charge in [-0.2, -0.15) is 0 Å². The Morgan fingerprint density at radius 1 is 1.23 bits per heavy atom. The van der Waals surface area contributed by atoms with Gasteiger partial charge >= 0.3 is 0 Å². The van der Waals surface area contributed by atoms with Crippen molar-refractivity contribution in [2.24, 2.45) is 0 Å². The lowest BCUT2D eigenvalue weighted by molar-refractivity contribution is -0.917. The predicted molar refractivity (Wildman–Crippen MR) is 90.6 cm³/mol. The van der Waals surface area contributed by atoms with Crippen LogP contribution in [0.25, 0.3) is 0 Å². The van der Waals surface area contributed by atoms with Crippen molar-refractivity contribution >= 4 is 17.2 Å². The highest BCUT2D eigenvalue weighted by molar-refractivity contribution is 5.65. The highest BCUT2D eigenvalue weighted by atomic mass is 16.5. The summed E-state index contributed by atoms with van der Waals surface area (Å²) in [6, 6.07) is 1.72. The van der Waals surface area contributed by atoms with E-state index in [1.54, 1.807) is 12.3 Å². The number of anilines is 3. The van der Waals surface area contributed by atoms with Gasteiger partial charge < -0.3 is 31.3 Å². The van der Waals surface area contributed by atoms with Crippen LogP contribution in [0.5, 0.6) is 0 Å². The Balaban J connectivity index is 1.54. The molecule has 0 bridgehead atoms. The summed E-state index contributed by atoms with van der Waals surface area (Å²) in [4.78, 5) is 4.18. The summed E-state index contributed by atoms with van der Waals surface area (Å²) in [6.07, 6.45) is 2.79. The van der Waals surface area contributed by atoms with Crippen molar-refractivity contribution in [3.8, 4) is 0 Å². The zero-order valence-corrected chi connectivity index (χ0v) is 13.5. The molecule has 1 aromatic rings. The number of nitrogens with one attached hydrogen (secondary N) is 2. The van der Waals surface area contributed by atoms with Gasteiger partial charge in [0.05, 0.1) is 44.4 Å². The number of hydrogen-bond donors (Lipinski definition) is 4. The lowest BCUT2D eigenvalue weighted by Crippen LogP contribution is -2.52. The average Bonchev–Trinajstić information content (AvgIpc) is 2.49. The third kappa shape index (κ3) is 5.32. The molecule has 0 aliphatic carbocycles. The first-order valence-corrected chi connectivity index (χ1v) is 7.96. The van der Waals surface area contributed by atoms with Crippen LogP contribution in [-0.4, -0.2) is 69.0 Å². The van der Waals surface area contributed by atoms with Gasteiger partial charge in [0.2, 0.25) is 0 Å². The second kappa shape index (κ2) is 8.17. The highest BCUT2D eigenvalue weighted by Gasteiger charge is 2.24.